The Hall–Kier alpha value is -2.76. The molecule has 1 amide bonds. The molecule has 0 radical (unpaired) electrons. The lowest BCUT2D eigenvalue weighted by Crippen LogP contribution is -2.36. The maximum Gasteiger partial charge on any atom is 0.272 e. The van der Waals surface area contributed by atoms with Crippen molar-refractivity contribution in [3.05, 3.63) is 54.0 Å². The smallest absolute Gasteiger partial charge is 0.272 e. The van der Waals surface area contributed by atoms with E-state index in [0.29, 0.717) is 18.2 Å². The van der Waals surface area contributed by atoms with E-state index in [0.717, 1.165) is 28.8 Å². The fourth-order valence-electron chi connectivity index (χ4n) is 3.87. The zero-order valence-corrected chi connectivity index (χ0v) is 15.7. The Kier molecular flexibility index (Phi) is 5.14. The van der Waals surface area contributed by atoms with Crippen LogP contribution >= 0.6 is 0 Å². The lowest BCUT2D eigenvalue weighted by atomic mass is 9.89. The number of aromatic nitrogens is 4. The van der Waals surface area contributed by atoms with Gasteiger partial charge in [0.25, 0.3) is 5.91 Å². The number of fused-ring (bicyclic) bond motifs is 1. The number of H-pyrrole nitrogens is 1. The Morgan fingerprint density at radius 3 is 2.85 bits per heavy atom. The molecule has 1 fully saturated rings. The Bertz CT molecular complexity index is 929. The number of pyridine rings is 2. The molecule has 0 atom stereocenters. The van der Waals surface area contributed by atoms with E-state index in [9.17, 15) is 4.79 Å². The molecule has 0 bridgehead atoms. The first-order valence-electron chi connectivity index (χ1n) is 9.69. The number of nitrogens with one attached hydrogen (secondary N) is 1. The second-order valence-corrected chi connectivity index (χ2v) is 7.43. The highest BCUT2D eigenvalue weighted by Gasteiger charge is 2.24. The van der Waals surface area contributed by atoms with Gasteiger partial charge < -0.3 is 9.88 Å². The number of carbonyl (C=O) groups is 1. The first kappa shape index (κ1) is 17.6. The second-order valence-electron chi connectivity index (χ2n) is 7.43. The summed E-state index contributed by atoms with van der Waals surface area (Å²) in [6.07, 6.45) is 11.4. The molecule has 1 aliphatic rings. The molecule has 0 spiro atoms. The van der Waals surface area contributed by atoms with E-state index in [1.54, 1.807) is 24.8 Å². The molecule has 1 N–H and O–H groups in total. The van der Waals surface area contributed by atoms with Crippen molar-refractivity contribution < 1.29 is 4.79 Å². The summed E-state index contributed by atoms with van der Waals surface area (Å²) in [7, 11) is 0. The van der Waals surface area contributed by atoms with Crippen molar-refractivity contribution in [3.8, 4) is 0 Å². The summed E-state index contributed by atoms with van der Waals surface area (Å²) in [5.41, 5.74) is 3.21. The number of imidazole rings is 1. The van der Waals surface area contributed by atoms with Crippen molar-refractivity contribution >= 4 is 16.8 Å². The van der Waals surface area contributed by atoms with Crippen LogP contribution in [-0.2, 0) is 6.54 Å². The average Bonchev–Trinajstić information content (AvgIpc) is 3.12. The number of carbonyl (C=O) groups excluding carboxylic acids is 1. The van der Waals surface area contributed by atoms with Crippen LogP contribution in [0.2, 0.25) is 0 Å². The van der Waals surface area contributed by atoms with Crippen molar-refractivity contribution in [1.82, 2.24) is 24.8 Å². The van der Waals surface area contributed by atoms with Gasteiger partial charge in [0.1, 0.15) is 5.69 Å². The Morgan fingerprint density at radius 1 is 1.22 bits per heavy atom. The summed E-state index contributed by atoms with van der Waals surface area (Å²) in [5.74, 6) is 0.535. The minimum Gasteiger partial charge on any atom is -0.348 e. The van der Waals surface area contributed by atoms with Gasteiger partial charge in [-0.1, -0.05) is 19.3 Å². The molecule has 27 heavy (non-hydrogen) atoms. The lowest BCUT2D eigenvalue weighted by molar-refractivity contribution is 0.0691. The van der Waals surface area contributed by atoms with Gasteiger partial charge in [-0.25, -0.2) is 9.97 Å². The summed E-state index contributed by atoms with van der Waals surface area (Å²) in [4.78, 5) is 31.4. The Labute approximate surface area is 159 Å². The molecule has 6 nitrogen and oxygen atoms in total. The van der Waals surface area contributed by atoms with Crippen LogP contribution in [0.4, 0.5) is 0 Å². The van der Waals surface area contributed by atoms with Crippen molar-refractivity contribution in [2.45, 2.75) is 45.6 Å². The highest BCUT2D eigenvalue weighted by Crippen LogP contribution is 2.26. The van der Waals surface area contributed by atoms with E-state index in [1.807, 2.05) is 24.0 Å². The third kappa shape index (κ3) is 3.99. The summed E-state index contributed by atoms with van der Waals surface area (Å²) >= 11 is 0. The van der Waals surface area contributed by atoms with Crippen LogP contribution in [0.25, 0.3) is 10.9 Å². The van der Waals surface area contributed by atoms with E-state index >= 15 is 0 Å². The van der Waals surface area contributed by atoms with Gasteiger partial charge in [-0.2, -0.15) is 0 Å². The molecule has 6 heteroatoms. The standard InChI is InChI=1S/C21H25N5O/c1-15-20(24-14-23-15)13-26(12-16-5-3-2-4-6-16)21(27)19-8-7-17-11-22-10-9-18(17)25-19/h7-11,14,16H,2-6,12-13H2,1H3,(H,23,24). The average molecular weight is 363 g/mol. The molecule has 0 saturated heterocycles. The number of nitrogens with zero attached hydrogens (tertiary/aromatic N) is 4. The number of amides is 1. The quantitative estimate of drug-likeness (QED) is 0.746. The Morgan fingerprint density at radius 2 is 2.07 bits per heavy atom. The van der Waals surface area contributed by atoms with Gasteiger partial charge >= 0.3 is 0 Å². The molecule has 140 valence electrons. The van der Waals surface area contributed by atoms with E-state index < -0.39 is 0 Å². The highest BCUT2D eigenvalue weighted by molar-refractivity contribution is 5.94. The lowest BCUT2D eigenvalue weighted by Gasteiger charge is -2.29. The maximum absolute atomic E-state index is 13.3. The predicted molar refractivity (Wildman–Crippen MR) is 104 cm³/mol. The SMILES string of the molecule is Cc1[nH]cnc1CN(CC1CCCCC1)C(=O)c1ccc2cnccc2n1. The second kappa shape index (κ2) is 7.86. The molecule has 0 unspecified atom stereocenters. The van der Waals surface area contributed by atoms with Crippen molar-refractivity contribution in [2.24, 2.45) is 5.92 Å². The van der Waals surface area contributed by atoms with Gasteiger partial charge in [0.05, 0.1) is 24.1 Å². The van der Waals surface area contributed by atoms with Crippen LogP contribution in [0.15, 0.2) is 36.9 Å². The minimum absolute atomic E-state index is 0.0262. The van der Waals surface area contributed by atoms with Gasteiger partial charge in [0, 0.05) is 30.0 Å². The van der Waals surface area contributed by atoms with Gasteiger partial charge in [-0.15, -0.1) is 0 Å². The van der Waals surface area contributed by atoms with E-state index in [4.69, 9.17) is 0 Å². The van der Waals surface area contributed by atoms with Gasteiger partial charge in [0.2, 0.25) is 0 Å². The van der Waals surface area contributed by atoms with E-state index in [1.165, 1.54) is 32.1 Å². The van der Waals surface area contributed by atoms with Crippen LogP contribution in [0.3, 0.4) is 0 Å². The van der Waals surface area contributed by atoms with Crippen molar-refractivity contribution in [1.29, 1.82) is 0 Å². The largest absolute Gasteiger partial charge is 0.348 e. The molecule has 0 aliphatic heterocycles. The number of aryl methyl sites for hydroxylation is 1. The van der Waals surface area contributed by atoms with Crippen molar-refractivity contribution in [3.63, 3.8) is 0 Å². The fourth-order valence-corrected chi connectivity index (χ4v) is 3.87. The third-order valence-corrected chi connectivity index (χ3v) is 5.47. The van der Waals surface area contributed by atoms with Gasteiger partial charge in [0.15, 0.2) is 0 Å². The van der Waals surface area contributed by atoms with Crippen LogP contribution < -0.4 is 0 Å². The van der Waals surface area contributed by atoms with E-state index in [-0.39, 0.29) is 5.91 Å². The molecule has 3 heterocycles. The summed E-state index contributed by atoms with van der Waals surface area (Å²) in [6, 6.07) is 5.56. The van der Waals surface area contributed by atoms with Gasteiger partial charge in [-0.3, -0.25) is 9.78 Å². The predicted octanol–water partition coefficient (Wildman–Crippen LogP) is 3.88. The Balaban J connectivity index is 1.60. The third-order valence-electron chi connectivity index (χ3n) is 5.47. The van der Waals surface area contributed by atoms with Crippen LogP contribution in [0, 0.1) is 12.8 Å². The molecule has 1 saturated carbocycles. The maximum atomic E-state index is 13.3. The first-order chi connectivity index (χ1) is 13.2. The molecule has 4 rings (SSSR count). The van der Waals surface area contributed by atoms with Crippen LogP contribution in [0.1, 0.15) is 54.0 Å². The minimum atomic E-state index is -0.0262. The zero-order valence-electron chi connectivity index (χ0n) is 15.7. The number of rotatable bonds is 5. The number of aromatic amines is 1. The summed E-state index contributed by atoms with van der Waals surface area (Å²) in [6.45, 7) is 3.27. The molecular weight excluding hydrogens is 338 g/mol. The summed E-state index contributed by atoms with van der Waals surface area (Å²) < 4.78 is 0. The number of hydrogen-bond donors (Lipinski definition) is 1. The zero-order chi connectivity index (χ0) is 18.6. The normalized spacial score (nSPS) is 15.1. The first-order valence-corrected chi connectivity index (χ1v) is 9.69. The molecule has 3 aromatic rings. The molecule has 0 aromatic carbocycles. The van der Waals surface area contributed by atoms with Crippen LogP contribution in [-0.4, -0.2) is 37.3 Å². The topological polar surface area (TPSA) is 74.8 Å². The molecular formula is C21H25N5O. The molecule has 1 aliphatic carbocycles. The van der Waals surface area contributed by atoms with Crippen molar-refractivity contribution in [2.75, 3.05) is 6.54 Å². The highest BCUT2D eigenvalue weighted by atomic mass is 16.2. The van der Waals surface area contributed by atoms with E-state index in [2.05, 4.69) is 19.9 Å². The number of hydrogen-bond acceptors (Lipinski definition) is 4. The fraction of sp³-hybridized carbons (Fsp3) is 0.429. The molecule has 3 aromatic heterocycles. The monoisotopic (exact) mass is 363 g/mol. The summed E-state index contributed by atoms with van der Waals surface area (Å²) in [5, 5.41) is 0.941. The van der Waals surface area contributed by atoms with Gasteiger partial charge in [-0.05, 0) is 43.9 Å². The van der Waals surface area contributed by atoms with Crippen LogP contribution in [0.5, 0.6) is 0 Å².